The first-order valence-corrected chi connectivity index (χ1v) is 5.24. The van der Waals surface area contributed by atoms with E-state index in [1.54, 1.807) is 12.5 Å². The highest BCUT2D eigenvalue weighted by Crippen LogP contribution is 2.35. The van der Waals surface area contributed by atoms with Gasteiger partial charge in [-0.2, -0.15) is 0 Å². The highest BCUT2D eigenvalue weighted by atomic mass is 15.3. The molecule has 2 heterocycles. The molecule has 1 fully saturated rings. The van der Waals surface area contributed by atoms with Crippen LogP contribution in [0.1, 0.15) is 31.5 Å². The van der Waals surface area contributed by atoms with Crippen molar-refractivity contribution in [3.63, 3.8) is 0 Å². The number of fused-ring (bicyclic) bond motifs is 1. The Morgan fingerprint density at radius 3 is 2.87 bits per heavy atom. The first kappa shape index (κ1) is 8.79. The van der Waals surface area contributed by atoms with Crippen molar-refractivity contribution in [2.45, 2.75) is 31.2 Å². The first-order valence-electron chi connectivity index (χ1n) is 5.24. The van der Waals surface area contributed by atoms with Gasteiger partial charge in [-0.15, -0.1) is 10.2 Å². The summed E-state index contributed by atoms with van der Waals surface area (Å²) in [6.45, 7) is 0. The molecule has 2 aromatic heterocycles. The molecule has 0 spiro atoms. The fourth-order valence-corrected chi connectivity index (χ4v) is 2.31. The normalized spacial score (nSPS) is 19.8. The number of rotatable bonds is 1. The smallest absolute Gasteiger partial charge is 0.163 e. The lowest BCUT2D eigenvalue weighted by molar-refractivity contribution is 0.426. The second-order valence-corrected chi connectivity index (χ2v) is 4.20. The lowest BCUT2D eigenvalue weighted by atomic mass is 9.98. The van der Waals surface area contributed by atoms with E-state index in [1.165, 1.54) is 12.8 Å². The summed E-state index contributed by atoms with van der Waals surface area (Å²) >= 11 is 0. The molecule has 1 aliphatic rings. The average molecular weight is 203 g/mol. The number of hydrogen-bond donors (Lipinski definition) is 1. The van der Waals surface area contributed by atoms with Gasteiger partial charge in [-0.25, -0.2) is 4.98 Å². The molecule has 0 saturated heterocycles. The molecule has 2 N–H and O–H groups in total. The van der Waals surface area contributed by atoms with E-state index in [4.69, 9.17) is 5.73 Å². The van der Waals surface area contributed by atoms with Gasteiger partial charge >= 0.3 is 0 Å². The van der Waals surface area contributed by atoms with Crippen LogP contribution in [0.25, 0.3) is 5.65 Å². The summed E-state index contributed by atoms with van der Waals surface area (Å²) in [6, 6.07) is 1.84. The maximum absolute atomic E-state index is 6.34. The number of hydrogen-bond acceptors (Lipinski definition) is 4. The van der Waals surface area contributed by atoms with Crippen LogP contribution in [0.3, 0.4) is 0 Å². The van der Waals surface area contributed by atoms with E-state index < -0.39 is 0 Å². The van der Waals surface area contributed by atoms with E-state index >= 15 is 0 Å². The topological polar surface area (TPSA) is 69.1 Å². The van der Waals surface area contributed by atoms with E-state index in [0.29, 0.717) is 0 Å². The van der Waals surface area contributed by atoms with Gasteiger partial charge in [-0.1, -0.05) is 12.8 Å². The minimum absolute atomic E-state index is 0.303. The highest BCUT2D eigenvalue weighted by Gasteiger charge is 2.35. The third kappa shape index (κ3) is 1.23. The molecule has 5 nitrogen and oxygen atoms in total. The molecule has 15 heavy (non-hydrogen) atoms. The van der Waals surface area contributed by atoms with E-state index in [0.717, 1.165) is 24.3 Å². The summed E-state index contributed by atoms with van der Waals surface area (Å²) in [4.78, 5) is 4.08. The molecule has 78 valence electrons. The molecule has 1 aliphatic carbocycles. The second-order valence-electron chi connectivity index (χ2n) is 4.20. The first-order chi connectivity index (χ1) is 7.30. The van der Waals surface area contributed by atoms with Crippen LogP contribution in [0, 0.1) is 0 Å². The lowest BCUT2D eigenvalue weighted by Gasteiger charge is -2.20. The van der Waals surface area contributed by atoms with Crippen molar-refractivity contribution >= 4 is 5.65 Å². The molecule has 0 aromatic carbocycles. The zero-order valence-electron chi connectivity index (χ0n) is 8.43. The van der Waals surface area contributed by atoms with E-state index in [2.05, 4.69) is 15.2 Å². The SMILES string of the molecule is NC1(c2nnc3ccncn23)CCCC1. The minimum atomic E-state index is -0.303. The van der Waals surface area contributed by atoms with Crippen LogP contribution in [-0.2, 0) is 5.54 Å². The summed E-state index contributed by atoms with van der Waals surface area (Å²) in [6.07, 6.45) is 7.77. The Labute approximate surface area is 87.3 Å². The lowest BCUT2D eigenvalue weighted by Crippen LogP contribution is -2.35. The average Bonchev–Trinajstić information content (AvgIpc) is 2.84. The summed E-state index contributed by atoms with van der Waals surface area (Å²) < 4.78 is 1.89. The predicted octanol–water partition coefficient (Wildman–Crippen LogP) is 0.852. The Balaban J connectivity index is 2.18. The van der Waals surface area contributed by atoms with Crippen molar-refractivity contribution in [2.24, 2.45) is 5.73 Å². The monoisotopic (exact) mass is 203 g/mol. The summed E-state index contributed by atoms with van der Waals surface area (Å²) in [5.74, 6) is 0.850. The van der Waals surface area contributed by atoms with Crippen molar-refractivity contribution in [2.75, 3.05) is 0 Å². The highest BCUT2D eigenvalue weighted by molar-refractivity contribution is 5.36. The molecule has 0 unspecified atom stereocenters. The molecule has 0 atom stereocenters. The fourth-order valence-electron chi connectivity index (χ4n) is 2.31. The van der Waals surface area contributed by atoms with Crippen molar-refractivity contribution in [1.29, 1.82) is 0 Å². The molecule has 1 saturated carbocycles. The fraction of sp³-hybridized carbons (Fsp3) is 0.500. The zero-order valence-corrected chi connectivity index (χ0v) is 8.43. The van der Waals surface area contributed by atoms with Gasteiger partial charge in [0.15, 0.2) is 11.5 Å². The summed E-state index contributed by atoms with van der Waals surface area (Å²) in [5.41, 5.74) is 6.85. The Kier molecular flexibility index (Phi) is 1.76. The van der Waals surface area contributed by atoms with Gasteiger partial charge in [-0.05, 0) is 12.8 Å². The van der Waals surface area contributed by atoms with Crippen LogP contribution >= 0.6 is 0 Å². The van der Waals surface area contributed by atoms with Gasteiger partial charge < -0.3 is 5.73 Å². The van der Waals surface area contributed by atoms with Crippen LogP contribution in [-0.4, -0.2) is 19.6 Å². The largest absolute Gasteiger partial charge is 0.319 e. The van der Waals surface area contributed by atoms with E-state index in [1.807, 2.05) is 10.5 Å². The van der Waals surface area contributed by atoms with Crippen LogP contribution < -0.4 is 5.73 Å². The molecule has 0 amide bonds. The minimum Gasteiger partial charge on any atom is -0.319 e. The number of nitrogens with two attached hydrogens (primary N) is 1. The molecule has 0 radical (unpaired) electrons. The third-order valence-corrected chi connectivity index (χ3v) is 3.16. The predicted molar refractivity (Wildman–Crippen MR) is 55.1 cm³/mol. The van der Waals surface area contributed by atoms with E-state index in [-0.39, 0.29) is 5.54 Å². The van der Waals surface area contributed by atoms with Crippen LogP contribution in [0.2, 0.25) is 0 Å². The second kappa shape index (κ2) is 3.00. The van der Waals surface area contributed by atoms with Gasteiger partial charge in [0.25, 0.3) is 0 Å². The van der Waals surface area contributed by atoms with Crippen LogP contribution in [0.15, 0.2) is 18.6 Å². The Morgan fingerprint density at radius 1 is 1.27 bits per heavy atom. The van der Waals surface area contributed by atoms with Gasteiger partial charge in [0, 0.05) is 12.3 Å². The molecule has 0 aliphatic heterocycles. The summed E-state index contributed by atoms with van der Waals surface area (Å²) in [5, 5.41) is 8.30. The van der Waals surface area contributed by atoms with Gasteiger partial charge in [0.05, 0.1) is 5.54 Å². The summed E-state index contributed by atoms with van der Waals surface area (Å²) in [7, 11) is 0. The van der Waals surface area contributed by atoms with Crippen LogP contribution in [0.4, 0.5) is 0 Å². The molecule has 5 heteroatoms. The maximum Gasteiger partial charge on any atom is 0.163 e. The Morgan fingerprint density at radius 2 is 2.07 bits per heavy atom. The number of aromatic nitrogens is 4. The third-order valence-electron chi connectivity index (χ3n) is 3.16. The van der Waals surface area contributed by atoms with Gasteiger partial charge in [-0.3, -0.25) is 4.40 Å². The standard InChI is InChI=1S/C10H13N5/c11-10(4-1-2-5-10)9-14-13-8-3-6-12-7-15(8)9/h3,6-7H,1-2,4-5,11H2. The number of nitrogens with zero attached hydrogens (tertiary/aromatic N) is 4. The van der Waals surface area contributed by atoms with Crippen LogP contribution in [0.5, 0.6) is 0 Å². The Bertz CT molecular complexity index is 483. The molecule has 3 rings (SSSR count). The molecular weight excluding hydrogens is 190 g/mol. The van der Waals surface area contributed by atoms with E-state index in [9.17, 15) is 0 Å². The molecular formula is C10H13N5. The van der Waals surface area contributed by atoms with Crippen molar-refractivity contribution in [3.8, 4) is 0 Å². The Hall–Kier alpha value is -1.49. The van der Waals surface area contributed by atoms with Gasteiger partial charge in [0.2, 0.25) is 0 Å². The quantitative estimate of drug-likeness (QED) is 0.746. The van der Waals surface area contributed by atoms with Crippen molar-refractivity contribution < 1.29 is 0 Å². The van der Waals surface area contributed by atoms with Crippen molar-refractivity contribution in [3.05, 3.63) is 24.4 Å². The molecule has 2 aromatic rings. The molecule has 0 bridgehead atoms. The van der Waals surface area contributed by atoms with Gasteiger partial charge in [0.1, 0.15) is 6.33 Å². The zero-order chi connectivity index (χ0) is 10.3. The van der Waals surface area contributed by atoms with Crippen molar-refractivity contribution in [1.82, 2.24) is 19.6 Å². The maximum atomic E-state index is 6.34.